The minimum absolute atomic E-state index is 0.134. The van der Waals surface area contributed by atoms with Gasteiger partial charge in [-0.1, -0.05) is 18.2 Å². The van der Waals surface area contributed by atoms with E-state index >= 15 is 0 Å². The molecule has 0 bridgehead atoms. The van der Waals surface area contributed by atoms with Gasteiger partial charge in [0.2, 0.25) is 0 Å². The van der Waals surface area contributed by atoms with Crippen LogP contribution in [0.15, 0.2) is 60.8 Å². The van der Waals surface area contributed by atoms with Crippen LogP contribution in [0.1, 0.15) is 17.3 Å². The number of likely N-dealkylation sites (N-methyl/N-ethyl adjacent to an activating group) is 1. The molecule has 0 saturated heterocycles. The predicted molar refractivity (Wildman–Crippen MR) is 109 cm³/mol. The minimum atomic E-state index is -0.454. The number of ether oxygens (including phenoxy) is 2. The zero-order chi connectivity index (χ0) is 20.8. The Bertz CT molecular complexity index is 981. The van der Waals surface area contributed by atoms with Gasteiger partial charge in [0.05, 0.1) is 25.0 Å². The molecule has 0 fully saturated rings. The highest BCUT2D eigenvalue weighted by Gasteiger charge is 2.23. The lowest BCUT2D eigenvalue weighted by Gasteiger charge is -2.16. The number of methoxy groups -OCH3 is 1. The summed E-state index contributed by atoms with van der Waals surface area (Å²) in [5.74, 6) is -0.0561. The fraction of sp³-hybridized carbons (Fsp3) is 0.227. The van der Waals surface area contributed by atoms with Crippen molar-refractivity contribution in [3.8, 4) is 22.7 Å². The van der Waals surface area contributed by atoms with E-state index in [4.69, 9.17) is 9.47 Å². The summed E-state index contributed by atoms with van der Waals surface area (Å²) >= 11 is 0. The van der Waals surface area contributed by atoms with Gasteiger partial charge >= 0.3 is 5.97 Å². The molecule has 2 aromatic carbocycles. The maximum atomic E-state index is 13.1. The standard InChI is InChI=1S/C22H23N3O4/c1-4-29-20(26)15-24(2)22(27)19-14-25(17-8-6-5-7-9-17)23-21(19)16-10-12-18(28-3)13-11-16/h5-14H,4,15H2,1-3H3. The Kier molecular flexibility index (Phi) is 6.29. The van der Waals surface area contributed by atoms with Crippen molar-refractivity contribution in [1.29, 1.82) is 0 Å². The number of para-hydroxylation sites is 1. The van der Waals surface area contributed by atoms with Gasteiger partial charge in [0, 0.05) is 18.8 Å². The number of esters is 1. The van der Waals surface area contributed by atoms with Crippen molar-refractivity contribution in [3.05, 3.63) is 66.4 Å². The molecule has 7 heteroatoms. The van der Waals surface area contributed by atoms with Gasteiger partial charge in [-0.15, -0.1) is 0 Å². The Hall–Kier alpha value is -3.61. The molecule has 0 saturated carbocycles. The molecule has 7 nitrogen and oxygen atoms in total. The molecule has 0 radical (unpaired) electrons. The molecule has 0 aliphatic rings. The van der Waals surface area contributed by atoms with Crippen LogP contribution in [-0.2, 0) is 9.53 Å². The molecule has 150 valence electrons. The Morgan fingerprint density at radius 1 is 1.07 bits per heavy atom. The van der Waals surface area contributed by atoms with Crippen molar-refractivity contribution < 1.29 is 19.1 Å². The smallest absolute Gasteiger partial charge is 0.325 e. The summed E-state index contributed by atoms with van der Waals surface area (Å²) in [7, 11) is 3.16. The SMILES string of the molecule is CCOC(=O)CN(C)C(=O)c1cn(-c2ccccc2)nc1-c1ccc(OC)cc1. The summed E-state index contributed by atoms with van der Waals surface area (Å²) in [6, 6.07) is 16.8. The summed E-state index contributed by atoms with van der Waals surface area (Å²) in [6.45, 7) is 1.86. The van der Waals surface area contributed by atoms with E-state index in [-0.39, 0.29) is 19.1 Å². The van der Waals surface area contributed by atoms with E-state index in [0.717, 1.165) is 11.3 Å². The van der Waals surface area contributed by atoms with E-state index in [2.05, 4.69) is 5.10 Å². The molecule has 0 spiro atoms. The average molecular weight is 393 g/mol. The Balaban J connectivity index is 2.00. The molecule has 0 N–H and O–H groups in total. The van der Waals surface area contributed by atoms with E-state index in [0.29, 0.717) is 17.0 Å². The lowest BCUT2D eigenvalue weighted by atomic mass is 10.1. The molecule has 1 aromatic heterocycles. The summed E-state index contributed by atoms with van der Waals surface area (Å²) in [5, 5.41) is 4.64. The minimum Gasteiger partial charge on any atom is -0.497 e. The summed E-state index contributed by atoms with van der Waals surface area (Å²) in [4.78, 5) is 26.2. The number of aromatic nitrogens is 2. The van der Waals surface area contributed by atoms with Crippen molar-refractivity contribution >= 4 is 11.9 Å². The predicted octanol–water partition coefficient (Wildman–Crippen LogP) is 3.18. The van der Waals surface area contributed by atoms with E-state index < -0.39 is 5.97 Å². The lowest BCUT2D eigenvalue weighted by Crippen LogP contribution is -2.33. The zero-order valence-electron chi connectivity index (χ0n) is 16.7. The molecular weight excluding hydrogens is 370 g/mol. The van der Waals surface area contributed by atoms with Gasteiger partial charge in [-0.2, -0.15) is 5.10 Å². The number of amides is 1. The summed E-state index contributed by atoms with van der Waals surface area (Å²) in [6.07, 6.45) is 1.68. The molecule has 3 aromatic rings. The number of carbonyl (C=O) groups excluding carboxylic acids is 2. The molecule has 1 amide bonds. The monoisotopic (exact) mass is 393 g/mol. The molecular formula is C22H23N3O4. The highest BCUT2D eigenvalue weighted by Crippen LogP contribution is 2.26. The zero-order valence-corrected chi connectivity index (χ0v) is 16.7. The van der Waals surface area contributed by atoms with Crippen molar-refractivity contribution in [2.75, 3.05) is 27.3 Å². The summed E-state index contributed by atoms with van der Waals surface area (Å²) in [5.41, 5.74) is 2.52. The number of benzene rings is 2. The highest BCUT2D eigenvalue weighted by molar-refractivity contribution is 6.01. The molecule has 0 unspecified atom stereocenters. The van der Waals surface area contributed by atoms with Gasteiger partial charge in [0.15, 0.2) is 0 Å². The quantitative estimate of drug-likeness (QED) is 0.577. The number of hydrogen-bond donors (Lipinski definition) is 0. The van der Waals surface area contributed by atoms with E-state index in [1.54, 1.807) is 32.0 Å². The second-order valence-electron chi connectivity index (χ2n) is 6.37. The average Bonchev–Trinajstić information content (AvgIpc) is 3.19. The number of rotatable bonds is 7. The number of hydrogen-bond acceptors (Lipinski definition) is 5. The fourth-order valence-electron chi connectivity index (χ4n) is 2.88. The van der Waals surface area contributed by atoms with Crippen LogP contribution in [0.2, 0.25) is 0 Å². The van der Waals surface area contributed by atoms with Crippen LogP contribution < -0.4 is 4.74 Å². The van der Waals surface area contributed by atoms with Crippen molar-refractivity contribution in [2.24, 2.45) is 0 Å². The highest BCUT2D eigenvalue weighted by atomic mass is 16.5. The van der Waals surface area contributed by atoms with Crippen LogP contribution in [0.3, 0.4) is 0 Å². The second-order valence-corrected chi connectivity index (χ2v) is 6.37. The van der Waals surface area contributed by atoms with Gasteiger partial charge in [-0.3, -0.25) is 9.59 Å². The van der Waals surface area contributed by atoms with E-state index in [1.165, 1.54) is 4.90 Å². The van der Waals surface area contributed by atoms with Gasteiger partial charge in [-0.05, 0) is 43.3 Å². The van der Waals surface area contributed by atoms with Crippen molar-refractivity contribution in [3.63, 3.8) is 0 Å². The van der Waals surface area contributed by atoms with Crippen molar-refractivity contribution in [2.45, 2.75) is 6.92 Å². The molecule has 0 aliphatic heterocycles. The first-order chi connectivity index (χ1) is 14.0. The van der Waals surface area contributed by atoms with E-state index in [9.17, 15) is 9.59 Å². The van der Waals surface area contributed by atoms with Gasteiger partial charge in [0.1, 0.15) is 18.0 Å². The first-order valence-corrected chi connectivity index (χ1v) is 9.24. The van der Waals surface area contributed by atoms with Crippen LogP contribution in [-0.4, -0.2) is 53.9 Å². The maximum absolute atomic E-state index is 13.1. The molecule has 0 atom stereocenters. The van der Waals surface area contributed by atoms with Gasteiger partial charge in [0.25, 0.3) is 5.91 Å². The van der Waals surface area contributed by atoms with Crippen LogP contribution >= 0.6 is 0 Å². The fourth-order valence-corrected chi connectivity index (χ4v) is 2.88. The van der Waals surface area contributed by atoms with Crippen LogP contribution in [0.25, 0.3) is 16.9 Å². The third-order valence-corrected chi connectivity index (χ3v) is 4.35. The van der Waals surface area contributed by atoms with Crippen LogP contribution in [0.5, 0.6) is 5.75 Å². The summed E-state index contributed by atoms with van der Waals surface area (Å²) < 4.78 is 11.8. The largest absolute Gasteiger partial charge is 0.497 e. The molecule has 0 aliphatic carbocycles. The number of nitrogens with zero attached hydrogens (tertiary/aromatic N) is 3. The maximum Gasteiger partial charge on any atom is 0.325 e. The topological polar surface area (TPSA) is 73.7 Å². The third-order valence-electron chi connectivity index (χ3n) is 4.35. The van der Waals surface area contributed by atoms with Crippen LogP contribution in [0.4, 0.5) is 0 Å². The molecule has 3 rings (SSSR count). The van der Waals surface area contributed by atoms with Gasteiger partial charge < -0.3 is 14.4 Å². The van der Waals surface area contributed by atoms with E-state index in [1.807, 2.05) is 54.6 Å². The first kappa shape index (κ1) is 20.1. The lowest BCUT2D eigenvalue weighted by molar-refractivity contribution is -0.143. The van der Waals surface area contributed by atoms with Gasteiger partial charge in [-0.25, -0.2) is 4.68 Å². The second kappa shape index (κ2) is 9.05. The Labute approximate surface area is 169 Å². The Morgan fingerprint density at radius 2 is 1.76 bits per heavy atom. The first-order valence-electron chi connectivity index (χ1n) is 9.24. The third kappa shape index (κ3) is 4.63. The van der Waals surface area contributed by atoms with Crippen molar-refractivity contribution in [1.82, 2.24) is 14.7 Å². The Morgan fingerprint density at radius 3 is 2.38 bits per heavy atom. The molecule has 29 heavy (non-hydrogen) atoms. The normalized spacial score (nSPS) is 10.4. The van der Waals surface area contributed by atoms with Crippen LogP contribution in [0, 0.1) is 0 Å². The number of carbonyl (C=O) groups is 2. The molecule has 1 heterocycles.